The van der Waals surface area contributed by atoms with Crippen LogP contribution in [0, 0.1) is 0 Å². The zero-order chi connectivity index (χ0) is 29.0. The van der Waals surface area contributed by atoms with Gasteiger partial charge in [0.15, 0.2) is 22.3 Å². The first-order chi connectivity index (χ1) is 18.8. The maximum absolute atomic E-state index is 13.8. The van der Waals surface area contributed by atoms with Crippen LogP contribution in [-0.4, -0.2) is 67.8 Å². The van der Waals surface area contributed by atoms with Crippen LogP contribution in [0.3, 0.4) is 0 Å². The number of alkyl halides is 3. The number of epoxide rings is 1. The second-order valence-corrected chi connectivity index (χ2v) is 13.0. The van der Waals surface area contributed by atoms with Gasteiger partial charge in [0.25, 0.3) is 5.91 Å². The summed E-state index contributed by atoms with van der Waals surface area (Å²) < 4.78 is 75.8. The number of nitrogens with zero attached hydrogens (tertiary/aromatic N) is 2. The van der Waals surface area contributed by atoms with Crippen molar-refractivity contribution in [3.63, 3.8) is 0 Å². The number of hydrogen-bond acceptors (Lipinski definition) is 8. The van der Waals surface area contributed by atoms with Gasteiger partial charge >= 0.3 is 6.36 Å². The van der Waals surface area contributed by atoms with E-state index in [9.17, 15) is 26.4 Å². The number of nitrogens with two attached hydrogens (primary N) is 1. The van der Waals surface area contributed by atoms with Gasteiger partial charge in [0.05, 0.1) is 33.5 Å². The van der Waals surface area contributed by atoms with Crippen molar-refractivity contribution in [1.82, 2.24) is 9.80 Å². The maximum Gasteiger partial charge on any atom is 0.573 e. The number of benzene rings is 2. The first-order valence-electron chi connectivity index (χ1n) is 12.6. The molecule has 2 fully saturated rings. The Labute approximate surface area is 239 Å². The first-order valence-corrected chi connectivity index (χ1v) is 15.0. The molecule has 0 aliphatic carbocycles. The van der Waals surface area contributed by atoms with Crippen LogP contribution in [-0.2, 0) is 27.7 Å². The number of halogens is 5. The number of rotatable bonds is 7. The lowest BCUT2D eigenvalue weighted by molar-refractivity contribution is -0.275. The van der Waals surface area contributed by atoms with Gasteiger partial charge in [-0.15, -0.1) is 13.2 Å². The number of sulfone groups is 1. The molecule has 1 amide bonds. The lowest BCUT2D eigenvalue weighted by Crippen LogP contribution is -2.42. The Morgan fingerprint density at radius 3 is 2.65 bits per heavy atom. The third kappa shape index (κ3) is 6.00. The fraction of sp³-hybridized carbons (Fsp3) is 0.480. The molecule has 9 nitrogen and oxygen atoms in total. The van der Waals surface area contributed by atoms with Crippen LogP contribution in [0.4, 0.5) is 18.9 Å². The Balaban J connectivity index is 1.55. The zero-order valence-corrected chi connectivity index (χ0v) is 23.6. The Morgan fingerprint density at radius 2 is 1.98 bits per heavy atom. The molecular formula is C25H27Cl2F3N4O5S. The minimum Gasteiger partial charge on any atom is -0.405 e. The molecule has 0 radical (unpaired) electrons. The molecule has 3 aliphatic rings. The van der Waals surface area contributed by atoms with E-state index >= 15 is 0 Å². The predicted molar refractivity (Wildman–Crippen MR) is 142 cm³/mol. The maximum atomic E-state index is 13.8. The molecule has 40 heavy (non-hydrogen) atoms. The van der Waals surface area contributed by atoms with Crippen LogP contribution in [0.25, 0.3) is 0 Å². The van der Waals surface area contributed by atoms with Gasteiger partial charge in [-0.3, -0.25) is 9.69 Å². The van der Waals surface area contributed by atoms with Crippen molar-refractivity contribution in [3.05, 3.63) is 51.0 Å². The Bertz CT molecular complexity index is 1440. The van der Waals surface area contributed by atoms with Crippen molar-refractivity contribution in [2.45, 2.75) is 62.6 Å². The minimum atomic E-state index is -5.04. The lowest BCUT2D eigenvalue weighted by Gasteiger charge is -2.32. The van der Waals surface area contributed by atoms with E-state index in [1.807, 2.05) is 4.90 Å². The van der Waals surface area contributed by atoms with E-state index in [0.717, 1.165) is 18.9 Å². The molecule has 15 heteroatoms. The van der Waals surface area contributed by atoms with Crippen LogP contribution < -0.4 is 15.8 Å². The molecule has 0 spiro atoms. The second kappa shape index (κ2) is 10.8. The molecule has 3 atom stereocenters. The van der Waals surface area contributed by atoms with Gasteiger partial charge in [-0.05, 0) is 49.2 Å². The van der Waals surface area contributed by atoms with E-state index in [-0.39, 0.29) is 62.2 Å². The van der Waals surface area contributed by atoms with E-state index in [1.54, 1.807) is 0 Å². The highest BCUT2D eigenvalue weighted by Gasteiger charge is 2.50. The average Bonchev–Trinajstić information content (AvgIpc) is 3.64. The average molecular weight is 623 g/mol. The van der Waals surface area contributed by atoms with Crippen LogP contribution in [0.1, 0.15) is 41.3 Å². The smallest absolute Gasteiger partial charge is 0.405 e. The first kappa shape index (κ1) is 29.2. The molecule has 3 N–H and O–H groups in total. The summed E-state index contributed by atoms with van der Waals surface area (Å²) in [6.07, 6.45) is -4.98. The summed E-state index contributed by atoms with van der Waals surface area (Å²) in [7, 11) is -3.68. The number of nitrogens with one attached hydrogen (secondary N) is 1. The third-order valence-electron chi connectivity index (χ3n) is 7.11. The fourth-order valence-electron chi connectivity index (χ4n) is 5.13. The molecule has 2 aromatic carbocycles. The minimum absolute atomic E-state index is 0.00366. The van der Waals surface area contributed by atoms with Crippen molar-refractivity contribution in [2.24, 2.45) is 5.73 Å². The number of amides is 1. The second-order valence-electron chi connectivity index (χ2n) is 9.96. The Kier molecular flexibility index (Phi) is 7.92. The monoisotopic (exact) mass is 622 g/mol. The SMILES string of the molecule is CCS(=O)(=O)c1ccc(Cl)cc1CN1C(=O)c2cc(OC(F)(F)F)c(CN3CCC[C@@H](N)C3)c(Cl)c2NC2OC21. The van der Waals surface area contributed by atoms with Gasteiger partial charge in [-0.25, -0.2) is 8.42 Å². The third-order valence-corrected chi connectivity index (χ3v) is 9.59. The number of anilines is 1. The number of likely N-dealkylation sites (tertiary alicyclic amines) is 1. The van der Waals surface area contributed by atoms with Crippen molar-refractivity contribution >= 4 is 44.6 Å². The topological polar surface area (TPSA) is 118 Å². The normalized spacial score (nSPS) is 23.2. The van der Waals surface area contributed by atoms with E-state index in [2.05, 4.69) is 10.1 Å². The summed E-state index contributed by atoms with van der Waals surface area (Å²) in [5, 5.41) is 3.17. The predicted octanol–water partition coefficient (Wildman–Crippen LogP) is 4.36. The summed E-state index contributed by atoms with van der Waals surface area (Å²) in [5.41, 5.74) is 6.30. The van der Waals surface area contributed by atoms with Gasteiger partial charge in [0, 0.05) is 29.7 Å². The van der Waals surface area contributed by atoms with Crippen molar-refractivity contribution < 1.29 is 35.9 Å². The largest absolute Gasteiger partial charge is 0.573 e. The molecule has 0 saturated carbocycles. The number of piperidine rings is 1. The number of carbonyl (C=O) groups excluding carboxylic acids is 1. The lowest BCUT2D eigenvalue weighted by atomic mass is 10.0. The van der Waals surface area contributed by atoms with Gasteiger partial charge in [-0.1, -0.05) is 30.1 Å². The van der Waals surface area contributed by atoms with Gasteiger partial charge < -0.3 is 25.4 Å². The molecule has 3 heterocycles. The summed E-state index contributed by atoms with van der Waals surface area (Å²) in [6.45, 7) is 2.38. The summed E-state index contributed by atoms with van der Waals surface area (Å²) in [4.78, 5) is 16.9. The van der Waals surface area contributed by atoms with E-state index < -0.39 is 40.3 Å². The van der Waals surface area contributed by atoms with E-state index in [4.69, 9.17) is 33.7 Å². The van der Waals surface area contributed by atoms with Crippen LogP contribution in [0.15, 0.2) is 29.2 Å². The quantitative estimate of drug-likeness (QED) is 0.438. The van der Waals surface area contributed by atoms with Crippen molar-refractivity contribution in [2.75, 3.05) is 24.2 Å². The van der Waals surface area contributed by atoms with Gasteiger partial charge in [0.2, 0.25) is 0 Å². The van der Waals surface area contributed by atoms with Crippen LogP contribution in [0.5, 0.6) is 5.75 Å². The zero-order valence-electron chi connectivity index (χ0n) is 21.3. The van der Waals surface area contributed by atoms with Crippen LogP contribution >= 0.6 is 23.2 Å². The molecule has 2 unspecified atom stereocenters. The summed E-state index contributed by atoms with van der Waals surface area (Å²) in [6, 6.07) is 5.12. The fourth-order valence-corrected chi connectivity index (χ4v) is 6.75. The van der Waals surface area contributed by atoms with Crippen molar-refractivity contribution in [3.8, 4) is 5.75 Å². The molecule has 5 rings (SSSR count). The number of ether oxygens (including phenoxy) is 2. The Hall–Kier alpha value is -2.29. The molecule has 2 aromatic rings. The molecule has 2 saturated heterocycles. The number of fused-ring (bicyclic) bond motifs is 2. The van der Waals surface area contributed by atoms with E-state index in [0.29, 0.717) is 13.1 Å². The van der Waals surface area contributed by atoms with Crippen LogP contribution in [0.2, 0.25) is 10.0 Å². The highest BCUT2D eigenvalue weighted by atomic mass is 35.5. The highest BCUT2D eigenvalue weighted by Crippen LogP contribution is 2.45. The van der Waals surface area contributed by atoms with Crippen molar-refractivity contribution in [1.29, 1.82) is 0 Å². The summed E-state index contributed by atoms with van der Waals surface area (Å²) in [5.74, 6) is -1.49. The highest BCUT2D eigenvalue weighted by molar-refractivity contribution is 7.91. The van der Waals surface area contributed by atoms with Gasteiger partial charge in [-0.2, -0.15) is 0 Å². The standard InChI is InChI=1S/C25H27Cl2F3N4O5S/c1-2-40(36,37)19-6-5-14(26)8-13(19)10-34-23(35)16-9-18(39-25(28,29)30)17(12-33-7-3-4-15(31)11-33)20(27)21(16)32-22-24(34)38-22/h5-6,8-9,15,22,24,32H,2-4,7,10-12,31H2,1H3/t15-,22?,24?/m1/s1. The molecule has 3 aliphatic heterocycles. The van der Waals surface area contributed by atoms with E-state index in [1.165, 1.54) is 30.0 Å². The molecule has 0 aromatic heterocycles. The summed E-state index contributed by atoms with van der Waals surface area (Å²) >= 11 is 12.8. The molecular weight excluding hydrogens is 596 g/mol. The molecule has 218 valence electrons. The number of carbonyl (C=O) groups is 1. The Morgan fingerprint density at radius 1 is 1.23 bits per heavy atom. The van der Waals surface area contributed by atoms with Gasteiger partial charge in [0.1, 0.15) is 5.75 Å². The number of hydrogen-bond donors (Lipinski definition) is 2. The molecule has 0 bridgehead atoms.